The number of aryl methyl sites for hydroxylation is 1. The Kier molecular flexibility index (Phi) is 5.65. The molecule has 0 radical (unpaired) electrons. The number of sulfonamides is 1. The van der Waals surface area contributed by atoms with Gasteiger partial charge in [0, 0.05) is 11.3 Å². The Balaban J connectivity index is 2.45. The zero-order chi connectivity index (χ0) is 18.8. The minimum absolute atomic E-state index is 0.122. The van der Waals surface area contributed by atoms with Gasteiger partial charge in [-0.3, -0.25) is 4.79 Å². The summed E-state index contributed by atoms with van der Waals surface area (Å²) in [6.07, 6.45) is 0. The molecule has 2 rings (SSSR count). The number of carbonyl (C=O) groups is 1. The largest absolute Gasteiger partial charge is 0.322 e. The fourth-order valence-electron chi connectivity index (χ4n) is 2.66. The number of benzene rings is 2. The highest BCUT2D eigenvalue weighted by Gasteiger charge is 2.20. The normalized spacial score (nSPS) is 11.6. The number of rotatable bonds is 5. The smallest absolute Gasteiger partial charge is 0.255 e. The molecule has 2 N–H and O–H groups in total. The minimum Gasteiger partial charge on any atom is -0.322 e. The number of hydrogen-bond donors (Lipinski definition) is 2. The van der Waals surface area contributed by atoms with E-state index >= 15 is 0 Å². The second-order valence-electron chi connectivity index (χ2n) is 6.32. The number of nitrogens with one attached hydrogen (secondary N) is 2. The van der Waals surface area contributed by atoms with Crippen molar-refractivity contribution in [3.63, 3.8) is 0 Å². The molecule has 0 aliphatic rings. The fraction of sp³-hybridized carbons (Fsp3) is 0.316. The van der Waals surface area contributed by atoms with E-state index in [1.165, 1.54) is 13.1 Å². The molecular weight excluding hydrogens is 336 g/mol. The predicted molar refractivity (Wildman–Crippen MR) is 101 cm³/mol. The van der Waals surface area contributed by atoms with Gasteiger partial charge in [-0.25, -0.2) is 13.1 Å². The lowest BCUT2D eigenvalue weighted by Gasteiger charge is -2.15. The summed E-state index contributed by atoms with van der Waals surface area (Å²) in [4.78, 5) is 12.8. The molecule has 0 atom stereocenters. The van der Waals surface area contributed by atoms with E-state index in [0.29, 0.717) is 11.1 Å². The average molecular weight is 360 g/mol. The maximum atomic E-state index is 12.7. The third-order valence-corrected chi connectivity index (χ3v) is 5.81. The maximum Gasteiger partial charge on any atom is 0.255 e. The van der Waals surface area contributed by atoms with E-state index in [0.717, 1.165) is 16.8 Å². The molecule has 0 aliphatic carbocycles. The zero-order valence-corrected chi connectivity index (χ0v) is 16.0. The van der Waals surface area contributed by atoms with Crippen molar-refractivity contribution in [2.75, 3.05) is 12.4 Å². The molecule has 0 bridgehead atoms. The molecule has 25 heavy (non-hydrogen) atoms. The summed E-state index contributed by atoms with van der Waals surface area (Å²) in [5.41, 5.74) is 3.46. The maximum absolute atomic E-state index is 12.7. The number of anilines is 1. The molecule has 6 heteroatoms. The van der Waals surface area contributed by atoms with Gasteiger partial charge in [0.05, 0.1) is 4.90 Å². The predicted octanol–water partition coefficient (Wildman–Crippen LogP) is 3.59. The van der Waals surface area contributed by atoms with Crippen molar-refractivity contribution >= 4 is 21.6 Å². The first-order chi connectivity index (χ1) is 11.7. The molecule has 0 saturated heterocycles. The van der Waals surface area contributed by atoms with E-state index in [2.05, 4.69) is 23.9 Å². The van der Waals surface area contributed by atoms with Crippen LogP contribution in [-0.2, 0) is 10.0 Å². The fourth-order valence-corrected chi connectivity index (χ4v) is 3.72. The molecule has 5 nitrogen and oxygen atoms in total. The molecule has 0 aromatic heterocycles. The van der Waals surface area contributed by atoms with Gasteiger partial charge in [-0.1, -0.05) is 32.0 Å². The highest BCUT2D eigenvalue weighted by molar-refractivity contribution is 7.89. The van der Waals surface area contributed by atoms with Gasteiger partial charge in [0.25, 0.3) is 5.91 Å². The van der Waals surface area contributed by atoms with Crippen LogP contribution in [0.3, 0.4) is 0 Å². The summed E-state index contributed by atoms with van der Waals surface area (Å²) in [5.74, 6) is -0.0692. The second-order valence-corrected chi connectivity index (χ2v) is 8.17. The number of hydrogen-bond acceptors (Lipinski definition) is 3. The van der Waals surface area contributed by atoms with Gasteiger partial charge in [-0.05, 0) is 61.7 Å². The van der Waals surface area contributed by atoms with Crippen LogP contribution in [0.25, 0.3) is 0 Å². The van der Waals surface area contributed by atoms with E-state index in [1.54, 1.807) is 19.9 Å². The monoisotopic (exact) mass is 360 g/mol. The summed E-state index contributed by atoms with van der Waals surface area (Å²) < 4.78 is 26.7. The van der Waals surface area contributed by atoms with Gasteiger partial charge in [0.15, 0.2) is 0 Å². The highest BCUT2D eigenvalue weighted by atomic mass is 32.2. The van der Waals surface area contributed by atoms with Crippen LogP contribution < -0.4 is 10.0 Å². The quantitative estimate of drug-likeness (QED) is 0.856. The molecule has 0 saturated carbocycles. The zero-order valence-electron chi connectivity index (χ0n) is 15.2. The number of amides is 1. The van der Waals surface area contributed by atoms with Gasteiger partial charge < -0.3 is 5.32 Å². The van der Waals surface area contributed by atoms with Crippen LogP contribution in [0.1, 0.15) is 46.8 Å². The van der Waals surface area contributed by atoms with Crippen LogP contribution in [0.4, 0.5) is 5.69 Å². The van der Waals surface area contributed by atoms with Gasteiger partial charge >= 0.3 is 0 Å². The summed E-state index contributed by atoms with van der Waals surface area (Å²) >= 11 is 0. The van der Waals surface area contributed by atoms with Crippen molar-refractivity contribution in [3.05, 3.63) is 58.7 Å². The first-order valence-corrected chi connectivity index (χ1v) is 9.60. The minimum atomic E-state index is -3.63. The standard InChI is InChI=1S/C19H24N2O3S/c1-12(2)16-8-6-7-9-17(16)21-19(22)15-10-13(3)14(4)18(11-15)25(23,24)20-5/h6-12,20H,1-5H3,(H,21,22). The van der Waals surface area contributed by atoms with Crippen LogP contribution >= 0.6 is 0 Å². The topological polar surface area (TPSA) is 75.3 Å². The third-order valence-electron chi connectivity index (χ3n) is 4.27. The van der Waals surface area contributed by atoms with Gasteiger partial charge in [0.2, 0.25) is 10.0 Å². The van der Waals surface area contributed by atoms with Crippen LogP contribution in [0.5, 0.6) is 0 Å². The number of carbonyl (C=O) groups excluding carboxylic acids is 1. The van der Waals surface area contributed by atoms with Crippen molar-refractivity contribution in [1.82, 2.24) is 4.72 Å². The lowest BCUT2D eigenvalue weighted by Crippen LogP contribution is -2.21. The van der Waals surface area contributed by atoms with E-state index in [-0.39, 0.29) is 16.7 Å². The molecule has 0 heterocycles. The van der Waals surface area contributed by atoms with Crippen LogP contribution in [-0.4, -0.2) is 21.4 Å². The van der Waals surface area contributed by atoms with Crippen LogP contribution in [0.15, 0.2) is 41.3 Å². The Labute approximate surface area is 149 Å². The molecule has 2 aromatic carbocycles. The Morgan fingerprint density at radius 3 is 2.32 bits per heavy atom. The molecule has 0 unspecified atom stereocenters. The summed E-state index contributed by atoms with van der Waals surface area (Å²) in [6, 6.07) is 10.7. The van der Waals surface area contributed by atoms with Crippen LogP contribution in [0.2, 0.25) is 0 Å². The third kappa shape index (κ3) is 4.08. The second kappa shape index (κ2) is 7.37. The van der Waals surface area contributed by atoms with Crippen molar-refractivity contribution in [1.29, 1.82) is 0 Å². The van der Waals surface area contributed by atoms with Crippen LogP contribution in [0, 0.1) is 13.8 Å². The van der Waals surface area contributed by atoms with Gasteiger partial charge in [0.1, 0.15) is 0 Å². The first-order valence-electron chi connectivity index (χ1n) is 8.12. The Bertz CT molecular complexity index is 903. The molecule has 0 fully saturated rings. The van der Waals surface area contributed by atoms with Gasteiger partial charge in [-0.15, -0.1) is 0 Å². The highest BCUT2D eigenvalue weighted by Crippen LogP contribution is 2.25. The molecule has 0 spiro atoms. The Morgan fingerprint density at radius 2 is 1.72 bits per heavy atom. The summed E-state index contributed by atoms with van der Waals surface area (Å²) in [6.45, 7) is 7.63. The van der Waals surface area contributed by atoms with Crippen molar-refractivity contribution in [2.45, 2.75) is 38.5 Å². The SMILES string of the molecule is CNS(=O)(=O)c1cc(C(=O)Nc2ccccc2C(C)C)cc(C)c1C. The molecular formula is C19H24N2O3S. The van der Waals surface area contributed by atoms with E-state index in [9.17, 15) is 13.2 Å². The van der Waals surface area contributed by atoms with E-state index < -0.39 is 10.0 Å². The van der Waals surface area contributed by atoms with Crippen molar-refractivity contribution < 1.29 is 13.2 Å². The molecule has 134 valence electrons. The lowest BCUT2D eigenvalue weighted by molar-refractivity contribution is 0.102. The van der Waals surface area contributed by atoms with Crippen molar-refractivity contribution in [3.8, 4) is 0 Å². The molecule has 1 amide bonds. The van der Waals surface area contributed by atoms with E-state index in [4.69, 9.17) is 0 Å². The number of para-hydroxylation sites is 1. The summed E-state index contributed by atoms with van der Waals surface area (Å²) in [7, 11) is -2.27. The first kappa shape index (κ1) is 19.1. The van der Waals surface area contributed by atoms with Gasteiger partial charge in [-0.2, -0.15) is 0 Å². The molecule has 2 aromatic rings. The average Bonchev–Trinajstić information content (AvgIpc) is 2.57. The molecule has 0 aliphatic heterocycles. The lowest BCUT2D eigenvalue weighted by atomic mass is 10.0. The van der Waals surface area contributed by atoms with Crippen molar-refractivity contribution in [2.24, 2.45) is 0 Å². The Hall–Kier alpha value is -2.18. The van der Waals surface area contributed by atoms with E-state index in [1.807, 2.05) is 24.3 Å². The Morgan fingerprint density at radius 1 is 1.08 bits per heavy atom. The summed E-state index contributed by atoms with van der Waals surface area (Å²) in [5, 5.41) is 2.90.